The van der Waals surface area contributed by atoms with Crippen LogP contribution in [-0.2, 0) is 6.42 Å². The Kier molecular flexibility index (Phi) is 5.43. The van der Waals surface area contributed by atoms with Crippen LogP contribution < -0.4 is 18.9 Å². The fourth-order valence-corrected chi connectivity index (χ4v) is 5.22. The zero-order chi connectivity index (χ0) is 30.2. The largest absolute Gasteiger partial charge is 0.508 e. The van der Waals surface area contributed by atoms with Crippen molar-refractivity contribution in [2.75, 3.05) is 0 Å². The molecule has 5 aromatic rings. The lowest BCUT2D eigenvalue weighted by molar-refractivity contribution is 0.311. The van der Waals surface area contributed by atoms with E-state index in [9.17, 15) is 40.9 Å². The lowest BCUT2D eigenvalue weighted by atomic mass is 10.0. The number of aromatic hydroxyl groups is 8. The molecule has 7 rings (SSSR count). The zero-order valence-electron chi connectivity index (χ0n) is 21.7. The first-order chi connectivity index (χ1) is 20.5. The van der Waals surface area contributed by atoms with Crippen molar-refractivity contribution in [3.8, 4) is 103 Å². The summed E-state index contributed by atoms with van der Waals surface area (Å²) in [5.41, 5.74) is 1.60. The Morgan fingerprint density at radius 1 is 0.535 bits per heavy atom. The molecule has 216 valence electrons. The predicted molar refractivity (Wildman–Crippen MR) is 148 cm³/mol. The summed E-state index contributed by atoms with van der Waals surface area (Å²) in [5, 5.41) is 82.1. The van der Waals surface area contributed by atoms with Gasteiger partial charge in [-0.2, -0.15) is 0 Å². The molecule has 5 aromatic carbocycles. The lowest BCUT2D eigenvalue weighted by Crippen LogP contribution is -2.03. The van der Waals surface area contributed by atoms with Gasteiger partial charge in [0.2, 0.25) is 17.2 Å². The number of hydrogen-bond acceptors (Lipinski definition) is 12. The summed E-state index contributed by atoms with van der Waals surface area (Å²) >= 11 is 0. The molecule has 12 nitrogen and oxygen atoms in total. The van der Waals surface area contributed by atoms with Gasteiger partial charge in [0.25, 0.3) is 0 Å². The first-order valence-corrected chi connectivity index (χ1v) is 12.7. The van der Waals surface area contributed by atoms with E-state index < -0.39 is 17.2 Å². The van der Waals surface area contributed by atoms with E-state index in [0.717, 1.165) is 24.3 Å². The molecule has 0 unspecified atom stereocenters. The van der Waals surface area contributed by atoms with Crippen LogP contribution in [0.15, 0.2) is 60.7 Å². The predicted octanol–water partition coefficient (Wildman–Crippen LogP) is 6.39. The normalized spacial score (nSPS) is 12.3. The molecule has 0 saturated heterocycles. The molecular formula is C31H20O12. The number of hydrogen-bond donors (Lipinski definition) is 8. The van der Waals surface area contributed by atoms with E-state index in [0.29, 0.717) is 16.7 Å². The van der Waals surface area contributed by atoms with Gasteiger partial charge < -0.3 is 59.8 Å². The molecule has 0 aromatic heterocycles. The van der Waals surface area contributed by atoms with Gasteiger partial charge in [-0.1, -0.05) is 6.07 Å². The van der Waals surface area contributed by atoms with Crippen molar-refractivity contribution >= 4 is 0 Å². The first-order valence-electron chi connectivity index (χ1n) is 12.7. The molecule has 0 amide bonds. The van der Waals surface area contributed by atoms with E-state index in [2.05, 4.69) is 0 Å². The fourth-order valence-electron chi connectivity index (χ4n) is 5.22. The van der Waals surface area contributed by atoms with E-state index in [4.69, 9.17) is 18.9 Å². The highest BCUT2D eigenvalue weighted by molar-refractivity contribution is 5.91. The van der Waals surface area contributed by atoms with Gasteiger partial charge in [0.15, 0.2) is 34.5 Å². The number of phenolic OH excluding ortho intramolecular Hbond substituents is 8. The Bertz CT molecular complexity index is 1960. The maximum Gasteiger partial charge on any atom is 0.219 e. The Balaban J connectivity index is 1.33. The van der Waals surface area contributed by atoms with E-state index in [-0.39, 0.29) is 86.7 Å². The van der Waals surface area contributed by atoms with Crippen LogP contribution >= 0.6 is 0 Å². The van der Waals surface area contributed by atoms with Gasteiger partial charge in [0.1, 0.15) is 40.2 Å². The van der Waals surface area contributed by atoms with Crippen LogP contribution in [0.25, 0.3) is 11.1 Å². The molecule has 0 radical (unpaired) electrons. The van der Waals surface area contributed by atoms with Crippen LogP contribution in [0, 0.1) is 0 Å². The summed E-state index contributed by atoms with van der Waals surface area (Å²) < 4.78 is 23.8. The summed E-state index contributed by atoms with van der Waals surface area (Å²) in [6.07, 6.45) is 0.164. The van der Waals surface area contributed by atoms with Crippen molar-refractivity contribution in [1.29, 1.82) is 0 Å². The molecule has 43 heavy (non-hydrogen) atoms. The molecule has 0 saturated carbocycles. The van der Waals surface area contributed by atoms with Crippen molar-refractivity contribution in [3.63, 3.8) is 0 Å². The molecule has 0 fully saturated rings. The van der Waals surface area contributed by atoms with E-state index in [1.165, 1.54) is 24.3 Å². The molecule has 0 atom stereocenters. The minimum Gasteiger partial charge on any atom is -0.508 e. The Labute approximate surface area is 241 Å². The molecule has 8 N–H and O–H groups in total. The highest BCUT2D eigenvalue weighted by Crippen LogP contribution is 2.62. The maximum absolute atomic E-state index is 10.9. The standard InChI is InChI=1S/C31H20O12/c32-13-4-14(33)7-17(6-13)40-24-11-21(37)27(39)31-30(24)42-23-2-1-12-3-19-26(25(12)29(23)43-31)20(36)10-22(38)28(19)41-18-8-15(34)5-16(35)9-18/h1-2,4-11,32-39H,3H2. The summed E-state index contributed by atoms with van der Waals surface area (Å²) in [6, 6.07) is 12.6. The molecule has 1 aliphatic heterocycles. The maximum atomic E-state index is 10.9. The SMILES string of the molecule is Oc1cc(O)cc(Oc2cc(O)c(O)c3c2Oc2ccc4c(c2O3)-c2c(O)cc(O)c(Oc3cc(O)cc(O)c3)c2C4)c1. The fraction of sp³-hybridized carbons (Fsp3) is 0.0323. The van der Waals surface area contributed by atoms with Crippen LogP contribution in [0.3, 0.4) is 0 Å². The van der Waals surface area contributed by atoms with Crippen LogP contribution in [-0.4, -0.2) is 40.9 Å². The summed E-state index contributed by atoms with van der Waals surface area (Å²) in [7, 11) is 0. The topological polar surface area (TPSA) is 199 Å². The molecule has 0 bridgehead atoms. The number of ether oxygens (including phenoxy) is 4. The van der Waals surface area contributed by atoms with Gasteiger partial charge in [0.05, 0.1) is 0 Å². The Morgan fingerprint density at radius 2 is 1.16 bits per heavy atom. The lowest BCUT2D eigenvalue weighted by Gasteiger charge is -2.25. The van der Waals surface area contributed by atoms with Gasteiger partial charge in [-0.25, -0.2) is 0 Å². The van der Waals surface area contributed by atoms with Gasteiger partial charge in [0, 0.05) is 71.6 Å². The Hall–Kier alpha value is -6.30. The van der Waals surface area contributed by atoms with Crippen LogP contribution in [0.2, 0.25) is 0 Å². The molecule has 1 aliphatic carbocycles. The van der Waals surface area contributed by atoms with Crippen LogP contribution in [0.5, 0.6) is 92.0 Å². The summed E-state index contributed by atoms with van der Waals surface area (Å²) in [4.78, 5) is 0. The van der Waals surface area contributed by atoms with Gasteiger partial charge in [-0.15, -0.1) is 0 Å². The van der Waals surface area contributed by atoms with Crippen molar-refractivity contribution in [2.45, 2.75) is 6.42 Å². The smallest absolute Gasteiger partial charge is 0.219 e. The van der Waals surface area contributed by atoms with Gasteiger partial charge in [-0.05, 0) is 11.6 Å². The van der Waals surface area contributed by atoms with Gasteiger partial charge >= 0.3 is 0 Å². The summed E-state index contributed by atoms with van der Waals surface area (Å²) in [6.45, 7) is 0. The number of rotatable bonds is 4. The molecule has 2 aliphatic rings. The second-order valence-electron chi connectivity index (χ2n) is 9.88. The number of benzene rings is 5. The molecular weight excluding hydrogens is 564 g/mol. The second-order valence-corrected chi connectivity index (χ2v) is 9.88. The van der Waals surface area contributed by atoms with Crippen molar-refractivity contribution in [2.24, 2.45) is 0 Å². The molecule has 1 heterocycles. The third-order valence-corrected chi connectivity index (χ3v) is 6.93. The average Bonchev–Trinajstić information content (AvgIpc) is 3.33. The van der Waals surface area contributed by atoms with Crippen molar-refractivity contribution < 1.29 is 59.8 Å². The minimum absolute atomic E-state index is 0.000574. The molecule has 0 spiro atoms. The summed E-state index contributed by atoms with van der Waals surface area (Å²) in [5.74, 6) is -3.39. The van der Waals surface area contributed by atoms with Crippen LogP contribution in [0.1, 0.15) is 11.1 Å². The average molecular weight is 584 g/mol. The number of phenols is 8. The highest BCUT2D eigenvalue weighted by Gasteiger charge is 2.37. The van der Waals surface area contributed by atoms with E-state index >= 15 is 0 Å². The minimum atomic E-state index is -0.662. The zero-order valence-corrected chi connectivity index (χ0v) is 21.7. The van der Waals surface area contributed by atoms with Crippen molar-refractivity contribution in [1.82, 2.24) is 0 Å². The first kappa shape index (κ1) is 25.7. The Morgan fingerprint density at radius 3 is 1.81 bits per heavy atom. The number of fused-ring (bicyclic) bond motifs is 6. The quantitative estimate of drug-likeness (QED) is 0.106. The third kappa shape index (κ3) is 4.16. The van der Waals surface area contributed by atoms with E-state index in [1.807, 2.05) is 0 Å². The third-order valence-electron chi connectivity index (χ3n) is 6.93. The second kappa shape index (κ2) is 9.11. The van der Waals surface area contributed by atoms with Gasteiger partial charge in [-0.3, -0.25) is 0 Å². The van der Waals surface area contributed by atoms with E-state index in [1.54, 1.807) is 12.1 Å². The molecule has 12 heteroatoms. The van der Waals surface area contributed by atoms with Crippen LogP contribution in [0.4, 0.5) is 0 Å². The van der Waals surface area contributed by atoms with Crippen molar-refractivity contribution in [3.05, 3.63) is 71.8 Å². The highest BCUT2D eigenvalue weighted by atomic mass is 16.6. The monoisotopic (exact) mass is 584 g/mol.